The van der Waals surface area contributed by atoms with Crippen molar-refractivity contribution < 1.29 is 13.6 Å². The van der Waals surface area contributed by atoms with E-state index in [1.165, 1.54) is 12.4 Å². The smallest absolute Gasteiger partial charge is 0.319 e. The van der Waals surface area contributed by atoms with E-state index < -0.39 is 6.55 Å². The number of nitrogens with one attached hydrogen (secondary N) is 2. The fourth-order valence-corrected chi connectivity index (χ4v) is 3.72. The highest BCUT2D eigenvalue weighted by Gasteiger charge is 2.32. The van der Waals surface area contributed by atoms with Gasteiger partial charge in [0.25, 0.3) is 0 Å². The largest absolute Gasteiger partial charge is 0.352 e. The lowest BCUT2D eigenvalue weighted by atomic mass is 10.1. The molecule has 1 aliphatic heterocycles. The van der Waals surface area contributed by atoms with Gasteiger partial charge in [0.1, 0.15) is 5.82 Å². The average Bonchev–Trinajstić information content (AvgIpc) is 3.39. The minimum Gasteiger partial charge on any atom is -0.352 e. The fraction of sp³-hybridized carbons (Fsp3) is 0.706. The van der Waals surface area contributed by atoms with Crippen LogP contribution in [0.4, 0.5) is 8.78 Å². The van der Waals surface area contributed by atoms with E-state index in [1.807, 2.05) is 4.90 Å². The first-order valence-electron chi connectivity index (χ1n) is 9.14. The quantitative estimate of drug-likeness (QED) is 0.613. The molecule has 1 aliphatic carbocycles. The molecule has 0 bridgehead atoms. The van der Waals surface area contributed by atoms with Gasteiger partial charge in [0.2, 0.25) is 5.91 Å². The number of alkyl halides is 2. The van der Waals surface area contributed by atoms with Crippen LogP contribution < -0.4 is 10.6 Å². The third-order valence-electron chi connectivity index (χ3n) is 5.14. The first kappa shape index (κ1) is 18.6. The molecule has 0 radical (unpaired) electrons. The van der Waals surface area contributed by atoms with E-state index in [9.17, 15) is 13.6 Å². The second-order valence-corrected chi connectivity index (χ2v) is 6.85. The van der Waals surface area contributed by atoms with Gasteiger partial charge >= 0.3 is 6.55 Å². The van der Waals surface area contributed by atoms with Crippen molar-refractivity contribution in [3.05, 3.63) is 18.2 Å². The Kier molecular flexibility index (Phi) is 6.05. The molecule has 1 aromatic heterocycles. The average molecular weight is 368 g/mol. The number of hydrogen-bond acceptors (Lipinski definition) is 3. The molecule has 26 heavy (non-hydrogen) atoms. The molecule has 0 spiro atoms. The summed E-state index contributed by atoms with van der Waals surface area (Å²) < 4.78 is 26.5. The van der Waals surface area contributed by atoms with Gasteiger partial charge in [-0.3, -0.25) is 14.4 Å². The number of imidazole rings is 1. The lowest BCUT2D eigenvalue weighted by molar-refractivity contribution is -0.134. The molecule has 1 unspecified atom stereocenters. The molecule has 1 atom stereocenters. The van der Waals surface area contributed by atoms with Crippen LogP contribution in [0.1, 0.15) is 44.5 Å². The lowest BCUT2D eigenvalue weighted by Crippen LogP contribution is -2.45. The molecule has 1 saturated carbocycles. The van der Waals surface area contributed by atoms with Crippen molar-refractivity contribution in [3.63, 3.8) is 0 Å². The molecular weight excluding hydrogens is 342 g/mol. The van der Waals surface area contributed by atoms with Crippen molar-refractivity contribution in [3.8, 4) is 0 Å². The highest BCUT2D eigenvalue weighted by atomic mass is 19.3. The van der Waals surface area contributed by atoms with Gasteiger partial charge in [-0.15, -0.1) is 0 Å². The summed E-state index contributed by atoms with van der Waals surface area (Å²) in [7, 11) is 1.63. The van der Waals surface area contributed by atoms with E-state index in [0.717, 1.165) is 43.2 Å². The second kappa shape index (κ2) is 8.46. The van der Waals surface area contributed by atoms with Crippen molar-refractivity contribution in [2.75, 3.05) is 20.1 Å². The Bertz CT molecular complexity index is 641. The molecular formula is C17H26F2N6O. The third kappa shape index (κ3) is 4.31. The number of hydrogen-bond donors (Lipinski definition) is 2. The SMILES string of the molecule is CN=C(NCc1nccn1C(F)F)NC1CCN(C(=O)C2CCCC2)C1. The summed E-state index contributed by atoms with van der Waals surface area (Å²) in [4.78, 5) is 22.5. The normalized spacial score (nSPS) is 21.6. The van der Waals surface area contributed by atoms with E-state index in [0.29, 0.717) is 12.5 Å². The Morgan fingerprint density at radius 3 is 2.85 bits per heavy atom. The van der Waals surface area contributed by atoms with Crippen LogP contribution in [0.25, 0.3) is 0 Å². The Labute approximate surface area is 151 Å². The molecule has 3 rings (SSSR count). The molecule has 2 fully saturated rings. The molecule has 2 N–H and O–H groups in total. The maximum atomic E-state index is 12.9. The predicted octanol–water partition coefficient (Wildman–Crippen LogP) is 1.73. The molecule has 7 nitrogen and oxygen atoms in total. The van der Waals surface area contributed by atoms with Crippen molar-refractivity contribution in [1.82, 2.24) is 25.1 Å². The number of guanidine groups is 1. The van der Waals surface area contributed by atoms with Crippen LogP contribution >= 0.6 is 0 Å². The number of aliphatic imine (C=N–C) groups is 1. The van der Waals surface area contributed by atoms with Crippen molar-refractivity contribution in [2.24, 2.45) is 10.9 Å². The van der Waals surface area contributed by atoms with E-state index in [2.05, 4.69) is 20.6 Å². The van der Waals surface area contributed by atoms with Crippen LogP contribution in [0.2, 0.25) is 0 Å². The summed E-state index contributed by atoms with van der Waals surface area (Å²) in [5, 5.41) is 6.28. The number of rotatable bonds is 5. The molecule has 0 aromatic carbocycles. The van der Waals surface area contributed by atoms with Gasteiger partial charge in [0.15, 0.2) is 5.96 Å². The van der Waals surface area contributed by atoms with E-state index in [-0.39, 0.29) is 30.2 Å². The van der Waals surface area contributed by atoms with E-state index in [4.69, 9.17) is 0 Å². The van der Waals surface area contributed by atoms with Gasteiger partial charge in [-0.05, 0) is 19.3 Å². The van der Waals surface area contributed by atoms with Crippen molar-refractivity contribution >= 4 is 11.9 Å². The van der Waals surface area contributed by atoms with Gasteiger partial charge in [-0.2, -0.15) is 8.78 Å². The second-order valence-electron chi connectivity index (χ2n) is 6.85. The Hall–Kier alpha value is -2.19. The van der Waals surface area contributed by atoms with Crippen LogP contribution in [-0.2, 0) is 11.3 Å². The highest BCUT2D eigenvalue weighted by Crippen LogP contribution is 2.27. The molecule has 1 aromatic rings. The zero-order valence-corrected chi connectivity index (χ0v) is 15.0. The number of halogens is 2. The van der Waals surface area contributed by atoms with Crippen LogP contribution in [-0.4, -0.2) is 52.5 Å². The predicted molar refractivity (Wildman–Crippen MR) is 93.8 cm³/mol. The lowest BCUT2D eigenvalue weighted by Gasteiger charge is -2.21. The third-order valence-corrected chi connectivity index (χ3v) is 5.14. The van der Waals surface area contributed by atoms with E-state index in [1.54, 1.807) is 7.05 Å². The van der Waals surface area contributed by atoms with Crippen molar-refractivity contribution in [2.45, 2.75) is 51.2 Å². The molecule has 2 aliphatic rings. The summed E-state index contributed by atoms with van der Waals surface area (Å²) in [6, 6.07) is 0.112. The Morgan fingerprint density at radius 1 is 1.38 bits per heavy atom. The minimum atomic E-state index is -2.62. The number of likely N-dealkylation sites (tertiary alicyclic amines) is 1. The zero-order valence-electron chi connectivity index (χ0n) is 15.0. The minimum absolute atomic E-state index is 0.112. The standard InChI is InChI=1S/C17H26F2N6O/c1-20-17(22-10-14-21-7-9-25(14)16(18)19)23-13-6-8-24(11-13)15(26)12-4-2-3-5-12/h7,9,12-13,16H,2-6,8,10-11H2,1H3,(H2,20,22,23). The van der Waals surface area contributed by atoms with E-state index >= 15 is 0 Å². The van der Waals surface area contributed by atoms with Crippen LogP contribution in [0.5, 0.6) is 0 Å². The number of amides is 1. The fourth-order valence-electron chi connectivity index (χ4n) is 3.72. The van der Waals surface area contributed by atoms with Crippen LogP contribution in [0, 0.1) is 5.92 Å². The maximum absolute atomic E-state index is 12.9. The molecule has 1 saturated heterocycles. The molecule has 1 amide bonds. The highest BCUT2D eigenvalue weighted by molar-refractivity contribution is 5.81. The van der Waals surface area contributed by atoms with Crippen LogP contribution in [0.3, 0.4) is 0 Å². The summed E-state index contributed by atoms with van der Waals surface area (Å²) in [5.74, 6) is 1.23. The van der Waals surface area contributed by atoms with Gasteiger partial charge in [0, 0.05) is 44.5 Å². The van der Waals surface area contributed by atoms with Gasteiger partial charge in [-0.25, -0.2) is 4.98 Å². The molecule has 9 heteroatoms. The number of aromatic nitrogens is 2. The maximum Gasteiger partial charge on any atom is 0.319 e. The van der Waals surface area contributed by atoms with Gasteiger partial charge < -0.3 is 15.5 Å². The molecule has 144 valence electrons. The summed E-state index contributed by atoms with van der Waals surface area (Å²) in [6.07, 6.45) is 7.77. The zero-order chi connectivity index (χ0) is 18.5. The van der Waals surface area contributed by atoms with Crippen LogP contribution in [0.15, 0.2) is 17.4 Å². The molecule has 2 heterocycles. The Balaban J connectivity index is 1.48. The Morgan fingerprint density at radius 2 is 2.15 bits per heavy atom. The van der Waals surface area contributed by atoms with Gasteiger partial charge in [0.05, 0.1) is 6.54 Å². The number of carbonyl (C=O) groups is 1. The van der Waals surface area contributed by atoms with Gasteiger partial charge in [-0.1, -0.05) is 12.8 Å². The number of nitrogens with zero attached hydrogens (tertiary/aromatic N) is 4. The first-order chi connectivity index (χ1) is 12.6. The van der Waals surface area contributed by atoms with Crippen molar-refractivity contribution in [1.29, 1.82) is 0 Å². The summed E-state index contributed by atoms with van der Waals surface area (Å²) in [6.45, 7) is -1.06. The summed E-state index contributed by atoms with van der Waals surface area (Å²) in [5.41, 5.74) is 0. The number of carbonyl (C=O) groups excluding carboxylic acids is 1. The first-order valence-corrected chi connectivity index (χ1v) is 9.14. The summed E-state index contributed by atoms with van der Waals surface area (Å²) >= 11 is 0. The monoisotopic (exact) mass is 368 g/mol. The topological polar surface area (TPSA) is 74.6 Å².